The molecule has 0 saturated heterocycles. The zero-order valence-electron chi connectivity index (χ0n) is 19.9. The highest BCUT2D eigenvalue weighted by atomic mass is 16.3. The minimum absolute atomic E-state index is 0.199. The van der Waals surface area contributed by atoms with Gasteiger partial charge in [0.2, 0.25) is 5.91 Å². The van der Waals surface area contributed by atoms with Gasteiger partial charge >= 0.3 is 0 Å². The van der Waals surface area contributed by atoms with Crippen molar-refractivity contribution in [1.29, 1.82) is 0 Å². The highest BCUT2D eigenvalue weighted by Crippen LogP contribution is 2.48. The number of allylic oxidation sites excluding steroid dienone is 5. The first-order valence-corrected chi connectivity index (χ1v) is 12.4. The Hall–Kier alpha value is -1.35. The van der Waals surface area contributed by atoms with Crippen LogP contribution in [0.25, 0.3) is 0 Å². The highest BCUT2D eigenvalue weighted by Gasteiger charge is 2.43. The molecule has 30 heavy (non-hydrogen) atoms. The van der Waals surface area contributed by atoms with Crippen molar-refractivity contribution in [3.8, 4) is 0 Å². The molecule has 0 aliphatic heterocycles. The van der Waals surface area contributed by atoms with Gasteiger partial charge in [-0.3, -0.25) is 4.79 Å². The number of unbranched alkanes of at least 4 members (excludes halogenated alkanes) is 3. The number of aliphatic hydroxyl groups excluding tert-OH is 1. The molecular formula is C27H45NO2. The van der Waals surface area contributed by atoms with Crippen LogP contribution in [0.4, 0.5) is 0 Å². The van der Waals surface area contributed by atoms with Gasteiger partial charge in [0, 0.05) is 26.4 Å². The molecule has 0 aromatic carbocycles. The van der Waals surface area contributed by atoms with Crippen LogP contribution < -0.4 is 0 Å². The lowest BCUT2D eigenvalue weighted by Crippen LogP contribution is -2.21. The van der Waals surface area contributed by atoms with Crippen molar-refractivity contribution in [1.82, 2.24) is 4.90 Å². The Morgan fingerprint density at radius 1 is 1.10 bits per heavy atom. The van der Waals surface area contributed by atoms with Gasteiger partial charge in [0.25, 0.3) is 0 Å². The van der Waals surface area contributed by atoms with E-state index in [2.05, 4.69) is 38.2 Å². The molecule has 4 atom stereocenters. The summed E-state index contributed by atoms with van der Waals surface area (Å²) in [7, 11) is 3.65. The Morgan fingerprint density at radius 3 is 2.43 bits per heavy atom. The first-order chi connectivity index (χ1) is 14.5. The van der Waals surface area contributed by atoms with Crippen LogP contribution in [-0.2, 0) is 4.79 Å². The van der Waals surface area contributed by atoms with Crippen LogP contribution in [0.15, 0.2) is 35.5 Å². The molecule has 1 amide bonds. The quantitative estimate of drug-likeness (QED) is 0.213. The Bertz CT molecular complexity index is 606. The van der Waals surface area contributed by atoms with E-state index in [4.69, 9.17) is 0 Å². The van der Waals surface area contributed by atoms with Crippen LogP contribution in [0.1, 0.15) is 90.9 Å². The van der Waals surface area contributed by atoms with Gasteiger partial charge < -0.3 is 10.0 Å². The van der Waals surface area contributed by atoms with Gasteiger partial charge in [-0.05, 0) is 69.6 Å². The van der Waals surface area contributed by atoms with Crippen LogP contribution in [-0.4, -0.2) is 36.1 Å². The molecule has 0 bridgehead atoms. The molecule has 0 radical (unpaired) electrons. The van der Waals surface area contributed by atoms with Gasteiger partial charge in [0.05, 0.1) is 6.10 Å². The summed E-state index contributed by atoms with van der Waals surface area (Å²) in [5.74, 6) is 1.62. The lowest BCUT2D eigenvalue weighted by atomic mass is 9.88. The Labute approximate surface area is 185 Å². The highest BCUT2D eigenvalue weighted by molar-refractivity contribution is 5.75. The summed E-state index contributed by atoms with van der Waals surface area (Å²) in [6.45, 7) is 4.51. The van der Waals surface area contributed by atoms with Crippen LogP contribution >= 0.6 is 0 Å². The monoisotopic (exact) mass is 415 g/mol. The van der Waals surface area contributed by atoms with E-state index in [0.29, 0.717) is 18.3 Å². The first-order valence-electron chi connectivity index (χ1n) is 12.4. The fourth-order valence-corrected chi connectivity index (χ4v) is 5.06. The molecule has 0 aromatic heterocycles. The van der Waals surface area contributed by atoms with Crippen molar-refractivity contribution in [2.24, 2.45) is 17.8 Å². The largest absolute Gasteiger partial charge is 0.392 e. The van der Waals surface area contributed by atoms with Crippen molar-refractivity contribution >= 4 is 5.91 Å². The lowest BCUT2D eigenvalue weighted by molar-refractivity contribution is -0.128. The summed E-state index contributed by atoms with van der Waals surface area (Å²) in [4.78, 5) is 13.4. The first kappa shape index (κ1) is 24.9. The Balaban J connectivity index is 1.84. The number of hydrogen-bond donors (Lipinski definition) is 1. The molecule has 2 rings (SSSR count). The smallest absolute Gasteiger partial charge is 0.222 e. The number of carbonyl (C=O) groups excluding carboxylic acids is 1. The maximum atomic E-state index is 11.7. The van der Waals surface area contributed by atoms with E-state index >= 15 is 0 Å². The molecule has 2 aliphatic carbocycles. The second-order valence-electron chi connectivity index (χ2n) is 9.65. The fraction of sp³-hybridized carbons (Fsp3) is 0.741. The van der Waals surface area contributed by atoms with Crippen LogP contribution in [0.5, 0.6) is 0 Å². The SMILES string of the molecule is CCCCC(=C/C=C/[C@@H]1[C@H]2CC(CCCCC(=O)N(C)C)=C[C@H]2C[C@H]1O)CCCC. The number of rotatable bonds is 13. The van der Waals surface area contributed by atoms with Crippen LogP contribution in [0.2, 0.25) is 0 Å². The molecule has 0 unspecified atom stereocenters. The molecule has 170 valence electrons. The third-order valence-electron chi connectivity index (χ3n) is 6.96. The van der Waals surface area contributed by atoms with Crippen LogP contribution in [0.3, 0.4) is 0 Å². The summed E-state index contributed by atoms with van der Waals surface area (Å²) in [6.07, 6.45) is 22.4. The van der Waals surface area contributed by atoms with E-state index < -0.39 is 0 Å². The second kappa shape index (κ2) is 13.1. The van der Waals surface area contributed by atoms with Gasteiger partial charge in [0.1, 0.15) is 0 Å². The predicted molar refractivity (Wildman–Crippen MR) is 127 cm³/mol. The number of hydrogen-bond acceptors (Lipinski definition) is 2. The number of nitrogens with zero attached hydrogens (tertiary/aromatic N) is 1. The number of carbonyl (C=O) groups is 1. The molecule has 1 saturated carbocycles. The van der Waals surface area contributed by atoms with E-state index in [9.17, 15) is 9.90 Å². The van der Waals surface area contributed by atoms with Gasteiger partial charge in [0.15, 0.2) is 0 Å². The molecule has 0 aromatic rings. The van der Waals surface area contributed by atoms with E-state index in [1.54, 1.807) is 16.0 Å². The van der Waals surface area contributed by atoms with Gasteiger partial charge in [-0.15, -0.1) is 0 Å². The topological polar surface area (TPSA) is 40.5 Å². The van der Waals surface area contributed by atoms with E-state index in [-0.39, 0.29) is 17.9 Å². The molecule has 1 N–H and O–H groups in total. The fourth-order valence-electron chi connectivity index (χ4n) is 5.06. The van der Waals surface area contributed by atoms with Crippen molar-refractivity contribution < 1.29 is 9.90 Å². The number of aliphatic hydroxyl groups is 1. The number of fused-ring (bicyclic) bond motifs is 1. The third kappa shape index (κ3) is 7.72. The average Bonchev–Trinajstić information content (AvgIpc) is 3.23. The van der Waals surface area contributed by atoms with E-state index in [1.165, 1.54) is 38.5 Å². The molecule has 3 heteroatoms. The zero-order chi connectivity index (χ0) is 21.9. The number of amides is 1. The van der Waals surface area contributed by atoms with Crippen molar-refractivity contribution in [2.45, 2.75) is 97.0 Å². The van der Waals surface area contributed by atoms with Gasteiger partial charge in [-0.25, -0.2) is 0 Å². The van der Waals surface area contributed by atoms with Crippen molar-refractivity contribution in [3.63, 3.8) is 0 Å². The maximum Gasteiger partial charge on any atom is 0.222 e. The molecule has 0 spiro atoms. The molecule has 3 nitrogen and oxygen atoms in total. The summed E-state index contributed by atoms with van der Waals surface area (Å²) in [5, 5.41) is 10.6. The maximum absolute atomic E-state index is 11.7. The summed E-state index contributed by atoms with van der Waals surface area (Å²) in [5.41, 5.74) is 3.12. The minimum atomic E-state index is -0.199. The van der Waals surface area contributed by atoms with Gasteiger partial charge in [-0.2, -0.15) is 0 Å². The normalized spacial score (nSPS) is 25.4. The molecule has 1 fully saturated rings. The Kier molecular flexibility index (Phi) is 10.9. The summed E-state index contributed by atoms with van der Waals surface area (Å²) in [6, 6.07) is 0. The Morgan fingerprint density at radius 2 is 1.80 bits per heavy atom. The van der Waals surface area contributed by atoms with E-state index in [1.807, 2.05) is 14.1 Å². The summed E-state index contributed by atoms with van der Waals surface area (Å²) < 4.78 is 0. The third-order valence-corrected chi connectivity index (χ3v) is 6.96. The summed E-state index contributed by atoms with van der Waals surface area (Å²) >= 11 is 0. The molecule has 2 aliphatic rings. The standard InChI is InChI=1S/C27H45NO2/c1-5-7-12-21(13-8-6-2)15-11-16-24-25-19-22(18-23(25)20-26(24)29)14-9-10-17-27(30)28(3)4/h11,15-16,18,23-26,29H,5-10,12-14,17,19-20H2,1-4H3/b16-11+/t23-,24+,25-,26+/m0/s1. The molecule has 0 heterocycles. The van der Waals surface area contributed by atoms with E-state index in [0.717, 1.165) is 32.1 Å². The van der Waals surface area contributed by atoms with Crippen LogP contribution in [0, 0.1) is 17.8 Å². The van der Waals surface area contributed by atoms with Gasteiger partial charge in [-0.1, -0.05) is 62.1 Å². The second-order valence-corrected chi connectivity index (χ2v) is 9.65. The zero-order valence-corrected chi connectivity index (χ0v) is 19.9. The predicted octanol–water partition coefficient (Wildman–Crippen LogP) is 6.44. The average molecular weight is 416 g/mol. The molecular weight excluding hydrogens is 370 g/mol. The minimum Gasteiger partial charge on any atom is -0.392 e. The van der Waals surface area contributed by atoms with Crippen molar-refractivity contribution in [3.05, 3.63) is 35.5 Å². The van der Waals surface area contributed by atoms with Crippen molar-refractivity contribution in [2.75, 3.05) is 14.1 Å². The lowest BCUT2D eigenvalue weighted by Gasteiger charge is -2.18.